The molecule has 0 aliphatic carbocycles. The van der Waals surface area contributed by atoms with E-state index in [1.807, 2.05) is 0 Å². The van der Waals surface area contributed by atoms with Gasteiger partial charge in [-0.25, -0.2) is 4.98 Å². The summed E-state index contributed by atoms with van der Waals surface area (Å²) in [4.78, 5) is 9.32. The molecule has 0 atom stereocenters. The Morgan fingerprint density at radius 2 is 2.46 bits per heavy atom. The van der Waals surface area contributed by atoms with Crippen molar-refractivity contribution >= 4 is 0 Å². The highest BCUT2D eigenvalue weighted by Gasteiger charge is 2.01. The van der Waals surface area contributed by atoms with Crippen LogP contribution in [0.4, 0.5) is 0 Å². The summed E-state index contributed by atoms with van der Waals surface area (Å²) in [5.74, 6) is 0.966. The van der Waals surface area contributed by atoms with Gasteiger partial charge in [0, 0.05) is 12.6 Å². The lowest BCUT2D eigenvalue weighted by atomic mass is 10.2. The Balaban J connectivity index is 2.44. The summed E-state index contributed by atoms with van der Waals surface area (Å²) in [6, 6.07) is 0. The van der Waals surface area contributed by atoms with Crippen molar-refractivity contribution < 1.29 is 4.84 Å². The molecule has 0 fully saturated rings. The van der Waals surface area contributed by atoms with E-state index >= 15 is 0 Å². The van der Waals surface area contributed by atoms with E-state index in [0.717, 1.165) is 18.7 Å². The van der Waals surface area contributed by atoms with Crippen LogP contribution in [0.25, 0.3) is 0 Å². The highest BCUT2D eigenvalue weighted by atomic mass is 16.6. The summed E-state index contributed by atoms with van der Waals surface area (Å²) in [6.45, 7) is 5.69. The monoisotopic (exact) mass is 180 g/mol. The van der Waals surface area contributed by atoms with Crippen LogP contribution in [0.3, 0.4) is 0 Å². The molecular formula is C10H16N2O. The first-order chi connectivity index (χ1) is 6.38. The zero-order valence-electron chi connectivity index (χ0n) is 8.07. The normalized spacial score (nSPS) is 9.92. The van der Waals surface area contributed by atoms with Crippen LogP contribution in [-0.2, 0) is 6.42 Å². The number of aromatic nitrogens is 2. The predicted octanol–water partition coefficient (Wildman–Crippen LogP) is 2.19. The van der Waals surface area contributed by atoms with E-state index in [1.54, 1.807) is 17.1 Å². The van der Waals surface area contributed by atoms with Gasteiger partial charge in [0.2, 0.25) is 0 Å². The fraction of sp³-hybridized carbons (Fsp3) is 0.500. The van der Waals surface area contributed by atoms with Gasteiger partial charge in [-0.15, -0.1) is 0 Å². The standard InChI is InChI=1S/C10H16N2O/c1-3-5-6-7-10-11-8-9-12(10)13-4-2/h4,8-9H,2-3,5-7H2,1H3. The van der Waals surface area contributed by atoms with Gasteiger partial charge < -0.3 is 4.84 Å². The Morgan fingerprint density at radius 3 is 3.15 bits per heavy atom. The van der Waals surface area contributed by atoms with Gasteiger partial charge in [-0.1, -0.05) is 26.3 Å². The molecule has 0 aliphatic rings. The molecule has 13 heavy (non-hydrogen) atoms. The molecular weight excluding hydrogens is 164 g/mol. The van der Waals surface area contributed by atoms with Crippen molar-refractivity contribution in [3.8, 4) is 0 Å². The van der Waals surface area contributed by atoms with Crippen LogP contribution < -0.4 is 4.84 Å². The number of aryl methyl sites for hydroxylation is 1. The average Bonchev–Trinajstić information content (AvgIpc) is 2.54. The number of rotatable bonds is 6. The van der Waals surface area contributed by atoms with E-state index in [2.05, 4.69) is 18.5 Å². The second kappa shape index (κ2) is 5.41. The summed E-state index contributed by atoms with van der Waals surface area (Å²) >= 11 is 0. The molecule has 0 saturated carbocycles. The van der Waals surface area contributed by atoms with E-state index in [-0.39, 0.29) is 0 Å². The minimum Gasteiger partial charge on any atom is -0.383 e. The Kier molecular flexibility index (Phi) is 4.09. The number of hydrogen-bond donors (Lipinski definition) is 0. The van der Waals surface area contributed by atoms with Crippen molar-refractivity contribution in [2.75, 3.05) is 0 Å². The molecule has 0 unspecified atom stereocenters. The Labute approximate surface area is 79.0 Å². The van der Waals surface area contributed by atoms with Gasteiger partial charge in [-0.2, -0.15) is 4.73 Å². The fourth-order valence-corrected chi connectivity index (χ4v) is 1.21. The van der Waals surface area contributed by atoms with Crippen molar-refractivity contribution in [3.63, 3.8) is 0 Å². The summed E-state index contributed by atoms with van der Waals surface area (Å²) in [7, 11) is 0. The van der Waals surface area contributed by atoms with Crippen molar-refractivity contribution in [2.24, 2.45) is 0 Å². The second-order valence-corrected chi connectivity index (χ2v) is 2.90. The van der Waals surface area contributed by atoms with Crippen LogP contribution in [0.5, 0.6) is 0 Å². The zero-order valence-corrected chi connectivity index (χ0v) is 8.07. The van der Waals surface area contributed by atoms with Gasteiger partial charge in [0.05, 0.1) is 6.20 Å². The maximum absolute atomic E-state index is 5.13. The molecule has 0 aromatic carbocycles. The van der Waals surface area contributed by atoms with Gasteiger partial charge in [0.1, 0.15) is 12.1 Å². The number of hydrogen-bond acceptors (Lipinski definition) is 2. The van der Waals surface area contributed by atoms with Crippen LogP contribution in [0.15, 0.2) is 25.2 Å². The smallest absolute Gasteiger partial charge is 0.145 e. The van der Waals surface area contributed by atoms with E-state index in [4.69, 9.17) is 4.84 Å². The Bertz CT molecular complexity index is 255. The first-order valence-corrected chi connectivity index (χ1v) is 4.68. The Hall–Kier alpha value is -1.25. The third kappa shape index (κ3) is 2.93. The summed E-state index contributed by atoms with van der Waals surface area (Å²) in [6.07, 6.45) is 9.53. The summed E-state index contributed by atoms with van der Waals surface area (Å²) < 4.78 is 1.66. The summed E-state index contributed by atoms with van der Waals surface area (Å²) in [5.41, 5.74) is 0. The first-order valence-electron chi connectivity index (χ1n) is 4.68. The molecule has 72 valence electrons. The molecule has 0 saturated heterocycles. The molecule has 0 N–H and O–H groups in total. The van der Waals surface area contributed by atoms with Crippen LogP contribution >= 0.6 is 0 Å². The van der Waals surface area contributed by atoms with Crippen molar-refractivity contribution in [1.82, 2.24) is 9.71 Å². The van der Waals surface area contributed by atoms with Crippen molar-refractivity contribution in [1.29, 1.82) is 0 Å². The lowest BCUT2D eigenvalue weighted by Crippen LogP contribution is -2.08. The molecule has 1 heterocycles. The van der Waals surface area contributed by atoms with Gasteiger partial charge >= 0.3 is 0 Å². The van der Waals surface area contributed by atoms with Crippen LogP contribution in [-0.4, -0.2) is 9.71 Å². The third-order valence-corrected chi connectivity index (χ3v) is 1.87. The first kappa shape index (κ1) is 9.84. The third-order valence-electron chi connectivity index (χ3n) is 1.87. The number of nitrogens with zero attached hydrogens (tertiary/aromatic N) is 2. The molecule has 0 spiro atoms. The van der Waals surface area contributed by atoms with Gasteiger partial charge in [-0.05, 0) is 6.42 Å². The van der Waals surface area contributed by atoms with E-state index in [9.17, 15) is 0 Å². The van der Waals surface area contributed by atoms with E-state index in [0.29, 0.717) is 0 Å². The molecule has 1 aromatic heterocycles. The zero-order chi connectivity index (χ0) is 9.52. The summed E-state index contributed by atoms with van der Waals surface area (Å²) in [5, 5.41) is 0. The van der Waals surface area contributed by atoms with Crippen LogP contribution in [0, 0.1) is 0 Å². The molecule has 3 nitrogen and oxygen atoms in total. The SMILES string of the molecule is C=COn1ccnc1CCCCC. The van der Waals surface area contributed by atoms with E-state index < -0.39 is 0 Å². The lowest BCUT2D eigenvalue weighted by Gasteiger charge is -2.04. The largest absolute Gasteiger partial charge is 0.383 e. The van der Waals surface area contributed by atoms with Crippen molar-refractivity contribution in [3.05, 3.63) is 31.1 Å². The highest BCUT2D eigenvalue weighted by Crippen LogP contribution is 2.03. The molecule has 3 heteroatoms. The van der Waals surface area contributed by atoms with Gasteiger partial charge in [0.25, 0.3) is 0 Å². The average molecular weight is 180 g/mol. The lowest BCUT2D eigenvalue weighted by molar-refractivity contribution is 0.202. The van der Waals surface area contributed by atoms with Gasteiger partial charge in [0.15, 0.2) is 0 Å². The van der Waals surface area contributed by atoms with E-state index in [1.165, 1.54) is 19.1 Å². The quantitative estimate of drug-likeness (QED) is 0.495. The maximum Gasteiger partial charge on any atom is 0.145 e. The molecule has 0 amide bonds. The Morgan fingerprint density at radius 1 is 1.62 bits per heavy atom. The highest BCUT2D eigenvalue weighted by molar-refractivity contribution is 4.90. The molecule has 1 aromatic rings. The van der Waals surface area contributed by atoms with Crippen molar-refractivity contribution in [2.45, 2.75) is 32.6 Å². The fourth-order valence-electron chi connectivity index (χ4n) is 1.21. The topological polar surface area (TPSA) is 27.1 Å². The maximum atomic E-state index is 5.13. The van der Waals surface area contributed by atoms with Crippen LogP contribution in [0.2, 0.25) is 0 Å². The molecule has 0 bridgehead atoms. The predicted molar refractivity (Wildman–Crippen MR) is 52.2 cm³/mol. The number of imidazole rings is 1. The minimum atomic E-state index is 0.966. The minimum absolute atomic E-state index is 0.966. The second-order valence-electron chi connectivity index (χ2n) is 2.90. The van der Waals surface area contributed by atoms with Gasteiger partial charge in [-0.3, -0.25) is 0 Å². The molecule has 0 aliphatic heterocycles. The number of unbranched alkanes of at least 4 members (excludes halogenated alkanes) is 2. The molecule has 1 rings (SSSR count). The molecule has 0 radical (unpaired) electrons. The van der Waals surface area contributed by atoms with Crippen LogP contribution in [0.1, 0.15) is 32.0 Å².